The van der Waals surface area contributed by atoms with E-state index in [9.17, 15) is 0 Å². The van der Waals surface area contributed by atoms with Crippen molar-refractivity contribution >= 4 is 17.4 Å². The lowest BCUT2D eigenvalue weighted by Gasteiger charge is -2.17. The molecule has 0 saturated carbocycles. The van der Waals surface area contributed by atoms with Crippen LogP contribution in [0.4, 0.5) is 5.69 Å². The average molecular weight is 259 g/mol. The lowest BCUT2D eigenvalue weighted by atomic mass is 10.2. The van der Waals surface area contributed by atoms with Gasteiger partial charge in [-0.05, 0) is 17.7 Å². The number of ether oxygens (including phenoxy) is 1. The van der Waals surface area contributed by atoms with Crippen LogP contribution in [0.15, 0.2) is 59.5 Å². The lowest BCUT2D eigenvalue weighted by Crippen LogP contribution is -1.98. The SMILES string of the molecule is CNc1ccccc1SC(OC)c1ccccc1. The van der Waals surface area contributed by atoms with Crippen LogP contribution in [0.25, 0.3) is 0 Å². The number of para-hydroxylation sites is 1. The third kappa shape index (κ3) is 3.06. The number of methoxy groups -OCH3 is 1. The van der Waals surface area contributed by atoms with Crippen molar-refractivity contribution in [3.8, 4) is 0 Å². The molecule has 0 aliphatic rings. The predicted octanol–water partition coefficient (Wildman–Crippen LogP) is 4.17. The number of anilines is 1. The molecule has 0 fully saturated rings. The Morgan fingerprint density at radius 2 is 1.67 bits per heavy atom. The summed E-state index contributed by atoms with van der Waals surface area (Å²) in [6.07, 6.45) is 0. The Morgan fingerprint density at radius 1 is 1.00 bits per heavy atom. The standard InChI is InChI=1S/C15H17NOS/c1-16-13-10-6-7-11-14(13)18-15(17-2)12-8-4-3-5-9-12/h3-11,15-16H,1-2H3. The van der Waals surface area contributed by atoms with E-state index in [0.717, 1.165) is 5.69 Å². The van der Waals surface area contributed by atoms with Gasteiger partial charge in [-0.1, -0.05) is 54.2 Å². The van der Waals surface area contributed by atoms with Gasteiger partial charge in [-0.2, -0.15) is 0 Å². The van der Waals surface area contributed by atoms with Gasteiger partial charge in [0, 0.05) is 24.7 Å². The maximum atomic E-state index is 5.57. The minimum Gasteiger partial charge on any atom is -0.387 e. The number of thioether (sulfide) groups is 1. The Kier molecular flexibility index (Phi) is 4.67. The second-order valence-corrected chi connectivity index (χ2v) is 4.95. The Labute approximate surface area is 112 Å². The van der Waals surface area contributed by atoms with E-state index in [4.69, 9.17) is 4.74 Å². The summed E-state index contributed by atoms with van der Waals surface area (Å²) in [5.41, 5.74) is 2.32. The molecule has 0 radical (unpaired) electrons. The highest BCUT2D eigenvalue weighted by Crippen LogP contribution is 2.38. The molecule has 1 atom stereocenters. The Balaban J connectivity index is 2.21. The summed E-state index contributed by atoms with van der Waals surface area (Å²) in [5, 5.41) is 3.20. The average Bonchev–Trinajstić information content (AvgIpc) is 2.46. The van der Waals surface area contributed by atoms with E-state index in [2.05, 4.69) is 29.6 Å². The molecule has 0 amide bonds. The molecular formula is C15H17NOS. The number of rotatable bonds is 5. The van der Waals surface area contributed by atoms with Crippen LogP contribution in [-0.2, 0) is 4.74 Å². The second kappa shape index (κ2) is 6.47. The van der Waals surface area contributed by atoms with E-state index < -0.39 is 0 Å². The summed E-state index contributed by atoms with van der Waals surface area (Å²) in [7, 11) is 3.68. The summed E-state index contributed by atoms with van der Waals surface area (Å²) >= 11 is 1.71. The van der Waals surface area contributed by atoms with Gasteiger partial charge in [0.05, 0.1) is 0 Å². The molecule has 0 aromatic heterocycles. The van der Waals surface area contributed by atoms with E-state index >= 15 is 0 Å². The van der Waals surface area contributed by atoms with Crippen LogP contribution in [0.3, 0.4) is 0 Å². The minimum atomic E-state index is 0.0145. The molecule has 0 bridgehead atoms. The fourth-order valence-electron chi connectivity index (χ4n) is 1.75. The molecule has 1 unspecified atom stereocenters. The maximum absolute atomic E-state index is 5.57. The molecule has 0 aliphatic heterocycles. The molecule has 2 aromatic carbocycles. The molecule has 1 N–H and O–H groups in total. The number of nitrogens with one attached hydrogen (secondary N) is 1. The first-order valence-corrected chi connectivity index (χ1v) is 6.74. The fourth-order valence-corrected chi connectivity index (χ4v) is 2.83. The highest BCUT2D eigenvalue weighted by molar-refractivity contribution is 7.99. The van der Waals surface area contributed by atoms with Crippen LogP contribution < -0.4 is 5.32 Å². The van der Waals surface area contributed by atoms with E-state index in [1.165, 1.54) is 10.5 Å². The van der Waals surface area contributed by atoms with Gasteiger partial charge < -0.3 is 10.1 Å². The van der Waals surface area contributed by atoms with Crippen molar-refractivity contribution in [3.05, 3.63) is 60.2 Å². The quantitative estimate of drug-likeness (QED) is 0.643. The van der Waals surface area contributed by atoms with Gasteiger partial charge in [0.25, 0.3) is 0 Å². The van der Waals surface area contributed by atoms with E-state index in [1.807, 2.05) is 37.4 Å². The van der Waals surface area contributed by atoms with Gasteiger partial charge in [0.15, 0.2) is 0 Å². The van der Waals surface area contributed by atoms with Crippen LogP contribution in [0.2, 0.25) is 0 Å². The number of hydrogen-bond donors (Lipinski definition) is 1. The van der Waals surface area contributed by atoms with Crippen molar-refractivity contribution in [1.82, 2.24) is 0 Å². The molecule has 0 saturated heterocycles. The van der Waals surface area contributed by atoms with Crippen LogP contribution in [0.5, 0.6) is 0 Å². The highest BCUT2D eigenvalue weighted by atomic mass is 32.2. The monoisotopic (exact) mass is 259 g/mol. The van der Waals surface area contributed by atoms with Crippen molar-refractivity contribution in [2.75, 3.05) is 19.5 Å². The largest absolute Gasteiger partial charge is 0.387 e. The Morgan fingerprint density at radius 3 is 2.33 bits per heavy atom. The zero-order chi connectivity index (χ0) is 12.8. The summed E-state index contributed by atoms with van der Waals surface area (Å²) in [5.74, 6) is 0. The van der Waals surface area contributed by atoms with Crippen molar-refractivity contribution in [2.24, 2.45) is 0 Å². The van der Waals surface area contributed by atoms with Crippen LogP contribution >= 0.6 is 11.8 Å². The maximum Gasteiger partial charge on any atom is 0.132 e. The van der Waals surface area contributed by atoms with Crippen LogP contribution in [0.1, 0.15) is 11.0 Å². The molecular weight excluding hydrogens is 242 g/mol. The molecule has 3 heteroatoms. The summed E-state index contributed by atoms with van der Waals surface area (Å²) in [6.45, 7) is 0. The lowest BCUT2D eigenvalue weighted by molar-refractivity contribution is 0.176. The van der Waals surface area contributed by atoms with E-state index in [1.54, 1.807) is 18.9 Å². The van der Waals surface area contributed by atoms with Gasteiger partial charge >= 0.3 is 0 Å². The van der Waals surface area contributed by atoms with Crippen molar-refractivity contribution in [2.45, 2.75) is 10.3 Å². The summed E-state index contributed by atoms with van der Waals surface area (Å²) in [6, 6.07) is 18.5. The third-order valence-corrected chi connectivity index (χ3v) is 3.96. The molecule has 94 valence electrons. The first-order valence-electron chi connectivity index (χ1n) is 5.86. The Hall–Kier alpha value is -1.45. The molecule has 0 heterocycles. The highest BCUT2D eigenvalue weighted by Gasteiger charge is 2.13. The minimum absolute atomic E-state index is 0.0145. The summed E-state index contributed by atoms with van der Waals surface area (Å²) < 4.78 is 5.57. The Bertz CT molecular complexity index is 487. The zero-order valence-corrected chi connectivity index (χ0v) is 11.4. The van der Waals surface area contributed by atoms with Gasteiger partial charge in [0.2, 0.25) is 0 Å². The van der Waals surface area contributed by atoms with Crippen molar-refractivity contribution in [3.63, 3.8) is 0 Å². The molecule has 18 heavy (non-hydrogen) atoms. The normalized spacial score (nSPS) is 12.1. The number of hydrogen-bond acceptors (Lipinski definition) is 3. The first kappa shape index (κ1) is 13.0. The second-order valence-electron chi connectivity index (χ2n) is 3.84. The molecule has 0 spiro atoms. The van der Waals surface area contributed by atoms with Crippen molar-refractivity contribution in [1.29, 1.82) is 0 Å². The molecule has 0 aliphatic carbocycles. The van der Waals surface area contributed by atoms with Gasteiger partial charge in [0.1, 0.15) is 5.44 Å². The number of benzene rings is 2. The van der Waals surface area contributed by atoms with Gasteiger partial charge in [-0.25, -0.2) is 0 Å². The topological polar surface area (TPSA) is 21.3 Å². The zero-order valence-electron chi connectivity index (χ0n) is 10.6. The fraction of sp³-hybridized carbons (Fsp3) is 0.200. The molecule has 2 nitrogen and oxygen atoms in total. The third-order valence-electron chi connectivity index (χ3n) is 2.68. The molecule has 2 aromatic rings. The first-order chi connectivity index (χ1) is 8.85. The predicted molar refractivity (Wildman–Crippen MR) is 78.0 cm³/mol. The van der Waals surface area contributed by atoms with Crippen LogP contribution in [-0.4, -0.2) is 14.2 Å². The smallest absolute Gasteiger partial charge is 0.132 e. The van der Waals surface area contributed by atoms with Crippen molar-refractivity contribution < 1.29 is 4.74 Å². The van der Waals surface area contributed by atoms with E-state index in [0.29, 0.717) is 0 Å². The van der Waals surface area contributed by atoms with Crippen LogP contribution in [0, 0.1) is 0 Å². The van der Waals surface area contributed by atoms with Gasteiger partial charge in [-0.15, -0.1) is 0 Å². The van der Waals surface area contributed by atoms with Gasteiger partial charge in [-0.3, -0.25) is 0 Å². The summed E-state index contributed by atoms with van der Waals surface area (Å²) in [4.78, 5) is 1.19. The molecule has 2 rings (SSSR count). The van der Waals surface area contributed by atoms with E-state index in [-0.39, 0.29) is 5.44 Å².